The van der Waals surface area contributed by atoms with E-state index in [4.69, 9.17) is 5.11 Å². The van der Waals surface area contributed by atoms with Gasteiger partial charge in [-0.15, -0.1) is 0 Å². The van der Waals surface area contributed by atoms with E-state index in [1.54, 1.807) is 31.1 Å². The highest BCUT2D eigenvalue weighted by Gasteiger charge is 2.27. The summed E-state index contributed by atoms with van der Waals surface area (Å²) in [6.45, 7) is 1.36. The zero-order chi connectivity index (χ0) is 21.9. The van der Waals surface area contributed by atoms with Crippen LogP contribution >= 0.6 is 0 Å². The molecule has 1 N–H and O–H groups in total. The van der Waals surface area contributed by atoms with Crippen molar-refractivity contribution < 1.29 is 24.4 Å². The SMILES string of the molecule is CC(C(=O)O)N(C)C(=O)c1ccccc1C(=O)c1ccc(N(C)C)c([N+](=O)[O-])c1. The molecule has 0 spiro atoms. The first kappa shape index (κ1) is 21.5. The Morgan fingerprint density at radius 2 is 1.62 bits per heavy atom. The number of aliphatic carboxylic acids is 1. The second-order valence-corrected chi connectivity index (χ2v) is 6.66. The predicted octanol–water partition coefficient (Wildman–Crippen LogP) is 2.44. The van der Waals surface area contributed by atoms with Crippen LogP contribution in [-0.4, -0.2) is 59.8 Å². The Morgan fingerprint density at radius 3 is 2.14 bits per heavy atom. The van der Waals surface area contributed by atoms with Crippen LogP contribution in [0.2, 0.25) is 0 Å². The number of ketones is 1. The van der Waals surface area contributed by atoms with Crippen LogP contribution in [0.5, 0.6) is 0 Å². The number of likely N-dealkylation sites (N-methyl/N-ethyl adjacent to an activating group) is 1. The van der Waals surface area contributed by atoms with Gasteiger partial charge in [0, 0.05) is 38.3 Å². The number of nitro groups is 1. The number of hydrogen-bond acceptors (Lipinski definition) is 6. The van der Waals surface area contributed by atoms with E-state index in [1.165, 1.54) is 44.3 Å². The molecule has 9 heteroatoms. The molecular formula is C20H21N3O6. The molecule has 0 saturated carbocycles. The minimum absolute atomic E-state index is 0.0208. The Morgan fingerprint density at radius 1 is 1.03 bits per heavy atom. The molecule has 0 saturated heterocycles. The summed E-state index contributed by atoms with van der Waals surface area (Å²) in [6.07, 6.45) is 0. The van der Waals surface area contributed by atoms with Gasteiger partial charge in [0.1, 0.15) is 11.7 Å². The van der Waals surface area contributed by atoms with Crippen molar-refractivity contribution in [2.45, 2.75) is 13.0 Å². The number of nitro benzene ring substituents is 1. The minimum atomic E-state index is -1.18. The molecule has 1 atom stereocenters. The number of rotatable bonds is 7. The Balaban J connectivity index is 2.51. The zero-order valence-electron chi connectivity index (χ0n) is 16.4. The first-order chi connectivity index (χ1) is 13.6. The average Bonchev–Trinajstić information content (AvgIpc) is 2.70. The van der Waals surface area contributed by atoms with E-state index in [0.717, 1.165) is 4.90 Å². The summed E-state index contributed by atoms with van der Waals surface area (Å²) < 4.78 is 0. The molecule has 0 fully saturated rings. The molecule has 2 rings (SSSR count). The van der Waals surface area contributed by atoms with Crippen LogP contribution in [-0.2, 0) is 4.79 Å². The first-order valence-corrected chi connectivity index (χ1v) is 8.65. The summed E-state index contributed by atoms with van der Waals surface area (Å²) in [6, 6.07) is 8.97. The lowest BCUT2D eigenvalue weighted by Gasteiger charge is -2.22. The molecule has 2 aromatic rings. The van der Waals surface area contributed by atoms with Crippen molar-refractivity contribution >= 4 is 29.0 Å². The van der Waals surface area contributed by atoms with Gasteiger partial charge in [0.05, 0.1) is 10.5 Å². The fourth-order valence-electron chi connectivity index (χ4n) is 2.74. The number of carbonyl (C=O) groups excluding carboxylic acids is 2. The summed E-state index contributed by atoms with van der Waals surface area (Å²) in [7, 11) is 4.63. The maximum absolute atomic E-state index is 13.0. The smallest absolute Gasteiger partial charge is 0.326 e. The number of anilines is 1. The number of hydrogen-bond donors (Lipinski definition) is 1. The number of carbonyl (C=O) groups is 3. The maximum atomic E-state index is 13.0. The molecule has 0 aliphatic carbocycles. The molecule has 1 amide bonds. The Hall–Kier alpha value is -3.75. The van der Waals surface area contributed by atoms with Crippen molar-refractivity contribution in [3.63, 3.8) is 0 Å². The number of carboxylic acid groups (broad SMARTS) is 1. The molecule has 29 heavy (non-hydrogen) atoms. The van der Waals surface area contributed by atoms with Crippen molar-refractivity contribution in [2.24, 2.45) is 0 Å². The molecular weight excluding hydrogens is 378 g/mol. The summed E-state index contributed by atoms with van der Waals surface area (Å²) in [4.78, 5) is 50.4. The standard InChI is InChI=1S/C20H21N3O6/c1-12(20(26)27)22(4)19(25)15-8-6-5-7-14(15)18(24)13-9-10-16(21(2)3)17(11-13)23(28)29/h5-12H,1-4H3,(H,26,27). The van der Waals surface area contributed by atoms with Crippen molar-refractivity contribution in [2.75, 3.05) is 26.0 Å². The minimum Gasteiger partial charge on any atom is -0.480 e. The highest BCUT2D eigenvalue weighted by molar-refractivity contribution is 6.15. The molecule has 0 aliphatic rings. The van der Waals surface area contributed by atoms with Crippen LogP contribution in [0.25, 0.3) is 0 Å². The summed E-state index contributed by atoms with van der Waals surface area (Å²) in [5.41, 5.74) is 0.213. The van der Waals surface area contributed by atoms with Crippen LogP contribution in [0, 0.1) is 10.1 Å². The average molecular weight is 399 g/mol. The van der Waals surface area contributed by atoms with Crippen molar-refractivity contribution in [1.82, 2.24) is 4.90 Å². The van der Waals surface area contributed by atoms with E-state index in [1.807, 2.05) is 0 Å². The number of benzene rings is 2. The quantitative estimate of drug-likeness (QED) is 0.431. The van der Waals surface area contributed by atoms with Crippen LogP contribution in [0.4, 0.5) is 11.4 Å². The van der Waals surface area contributed by atoms with Gasteiger partial charge in [0.2, 0.25) is 0 Å². The van der Waals surface area contributed by atoms with E-state index in [-0.39, 0.29) is 22.4 Å². The summed E-state index contributed by atoms with van der Waals surface area (Å²) in [5.74, 6) is -2.39. The lowest BCUT2D eigenvalue weighted by atomic mass is 9.96. The van der Waals surface area contributed by atoms with Gasteiger partial charge in [0.25, 0.3) is 11.6 Å². The Bertz CT molecular complexity index is 986. The molecule has 9 nitrogen and oxygen atoms in total. The fraction of sp³-hybridized carbons (Fsp3) is 0.250. The van der Waals surface area contributed by atoms with Gasteiger partial charge >= 0.3 is 5.97 Å². The monoisotopic (exact) mass is 399 g/mol. The van der Waals surface area contributed by atoms with Gasteiger partial charge in [-0.05, 0) is 25.1 Å². The highest BCUT2D eigenvalue weighted by Crippen LogP contribution is 2.29. The van der Waals surface area contributed by atoms with Gasteiger partial charge in [-0.2, -0.15) is 0 Å². The van der Waals surface area contributed by atoms with E-state index in [2.05, 4.69) is 0 Å². The molecule has 1 unspecified atom stereocenters. The van der Waals surface area contributed by atoms with Crippen LogP contribution in [0.3, 0.4) is 0 Å². The van der Waals surface area contributed by atoms with Crippen LogP contribution in [0.1, 0.15) is 33.2 Å². The summed E-state index contributed by atoms with van der Waals surface area (Å²) in [5, 5.41) is 20.5. The largest absolute Gasteiger partial charge is 0.480 e. The first-order valence-electron chi connectivity index (χ1n) is 8.65. The molecule has 0 aromatic heterocycles. The normalized spacial score (nSPS) is 11.4. The number of carboxylic acids is 1. The number of amides is 1. The summed E-state index contributed by atoms with van der Waals surface area (Å²) >= 11 is 0. The predicted molar refractivity (Wildman–Crippen MR) is 106 cm³/mol. The molecule has 0 bridgehead atoms. The molecule has 0 radical (unpaired) electrons. The molecule has 2 aromatic carbocycles. The third-order valence-corrected chi connectivity index (χ3v) is 4.58. The molecule has 0 heterocycles. The third-order valence-electron chi connectivity index (χ3n) is 4.58. The van der Waals surface area contributed by atoms with Gasteiger partial charge in [0.15, 0.2) is 5.78 Å². The van der Waals surface area contributed by atoms with Gasteiger partial charge in [-0.3, -0.25) is 19.7 Å². The van der Waals surface area contributed by atoms with Gasteiger partial charge in [-0.25, -0.2) is 4.79 Å². The number of nitrogens with zero attached hydrogens (tertiary/aromatic N) is 3. The molecule has 152 valence electrons. The second kappa shape index (κ2) is 8.51. The van der Waals surface area contributed by atoms with Gasteiger partial charge < -0.3 is 14.9 Å². The van der Waals surface area contributed by atoms with E-state index >= 15 is 0 Å². The van der Waals surface area contributed by atoms with E-state index in [0.29, 0.717) is 5.69 Å². The van der Waals surface area contributed by atoms with E-state index < -0.39 is 28.6 Å². The van der Waals surface area contributed by atoms with Crippen molar-refractivity contribution in [3.05, 3.63) is 69.3 Å². The zero-order valence-corrected chi connectivity index (χ0v) is 16.4. The highest BCUT2D eigenvalue weighted by atomic mass is 16.6. The lowest BCUT2D eigenvalue weighted by Crippen LogP contribution is -2.40. The van der Waals surface area contributed by atoms with Gasteiger partial charge in [-0.1, -0.05) is 18.2 Å². The van der Waals surface area contributed by atoms with Crippen LogP contribution in [0.15, 0.2) is 42.5 Å². The topological polar surface area (TPSA) is 121 Å². The maximum Gasteiger partial charge on any atom is 0.326 e. The third kappa shape index (κ3) is 4.40. The molecule has 0 aliphatic heterocycles. The van der Waals surface area contributed by atoms with Crippen LogP contribution < -0.4 is 4.90 Å². The second-order valence-electron chi connectivity index (χ2n) is 6.66. The fourth-order valence-corrected chi connectivity index (χ4v) is 2.74. The Labute approximate surface area is 167 Å². The Kier molecular flexibility index (Phi) is 6.32. The van der Waals surface area contributed by atoms with Crippen molar-refractivity contribution in [3.8, 4) is 0 Å². The van der Waals surface area contributed by atoms with Crippen molar-refractivity contribution in [1.29, 1.82) is 0 Å². The van der Waals surface area contributed by atoms with E-state index in [9.17, 15) is 24.5 Å². The lowest BCUT2D eigenvalue weighted by molar-refractivity contribution is -0.384.